The highest BCUT2D eigenvalue weighted by Crippen LogP contribution is 2.35. The second-order valence-corrected chi connectivity index (χ2v) is 7.30. The Morgan fingerprint density at radius 1 is 1.32 bits per heavy atom. The van der Waals surface area contributed by atoms with Crippen LogP contribution in [0.15, 0.2) is 23.1 Å². The summed E-state index contributed by atoms with van der Waals surface area (Å²) in [6.07, 6.45) is 3.34. The molecule has 0 aliphatic carbocycles. The second-order valence-electron chi connectivity index (χ2n) is 6.90. The van der Waals surface area contributed by atoms with Crippen molar-refractivity contribution in [2.45, 2.75) is 25.3 Å². The first-order valence-corrected chi connectivity index (χ1v) is 9.51. The molecule has 8 nitrogen and oxygen atoms in total. The Balaban J connectivity index is 1.61. The zero-order valence-corrected chi connectivity index (χ0v) is 15.7. The average molecular weight is 405 g/mol. The summed E-state index contributed by atoms with van der Waals surface area (Å²) in [4.78, 5) is 21.9. The van der Waals surface area contributed by atoms with Gasteiger partial charge in [-0.2, -0.15) is 4.98 Å². The highest BCUT2D eigenvalue weighted by atomic mass is 35.5. The molecular formula is C19H20ClN5O3. The van der Waals surface area contributed by atoms with Gasteiger partial charge in [0.1, 0.15) is 11.3 Å². The number of rotatable bonds is 3. The fraction of sp³-hybridized carbons (Fsp3) is 0.421. The summed E-state index contributed by atoms with van der Waals surface area (Å²) in [7, 11) is 0. The van der Waals surface area contributed by atoms with E-state index >= 15 is 0 Å². The van der Waals surface area contributed by atoms with Crippen molar-refractivity contribution in [3.8, 4) is 5.75 Å². The monoisotopic (exact) mass is 404 g/mol. The maximum Gasteiger partial charge on any atom is 0.330 e. The van der Waals surface area contributed by atoms with Crippen LogP contribution < -0.4 is 15.7 Å². The van der Waals surface area contributed by atoms with Gasteiger partial charge < -0.3 is 14.8 Å². The number of hydrogen-bond donors (Lipinski definition) is 1. The Morgan fingerprint density at radius 3 is 3.00 bits per heavy atom. The van der Waals surface area contributed by atoms with E-state index in [1.807, 2.05) is 6.07 Å². The van der Waals surface area contributed by atoms with E-state index in [0.29, 0.717) is 43.4 Å². The lowest BCUT2D eigenvalue weighted by atomic mass is 10.1. The van der Waals surface area contributed by atoms with E-state index in [2.05, 4.69) is 15.3 Å². The van der Waals surface area contributed by atoms with E-state index in [1.165, 1.54) is 10.8 Å². The lowest BCUT2D eigenvalue weighted by molar-refractivity contribution is 0.0695. The van der Waals surface area contributed by atoms with E-state index in [1.54, 1.807) is 6.07 Å². The molecule has 2 aliphatic heterocycles. The molecule has 0 bridgehead atoms. The van der Waals surface area contributed by atoms with Crippen LogP contribution >= 0.6 is 11.6 Å². The second kappa shape index (κ2) is 6.79. The van der Waals surface area contributed by atoms with Gasteiger partial charge in [-0.25, -0.2) is 9.78 Å². The number of nitrogens with one attached hydrogen (secondary N) is 1. The molecule has 1 aromatic carbocycles. The van der Waals surface area contributed by atoms with Crippen LogP contribution in [-0.2, 0) is 18.1 Å². The Bertz CT molecular complexity index is 1220. The molecule has 0 spiro atoms. The number of hydrogen-bond acceptors (Lipinski definition) is 6. The van der Waals surface area contributed by atoms with Crippen molar-refractivity contribution in [3.63, 3.8) is 0 Å². The third-order valence-electron chi connectivity index (χ3n) is 5.20. The molecule has 2 aliphatic rings. The quantitative estimate of drug-likeness (QED) is 0.722. The van der Waals surface area contributed by atoms with E-state index in [0.717, 1.165) is 22.3 Å². The van der Waals surface area contributed by atoms with E-state index < -0.39 is 12.7 Å². The Hall–Kier alpha value is -2.58. The molecule has 0 amide bonds. The fourth-order valence-corrected chi connectivity index (χ4v) is 3.95. The lowest BCUT2D eigenvalue weighted by Crippen LogP contribution is -2.30. The van der Waals surface area contributed by atoms with Crippen LogP contribution in [0.4, 0.5) is 11.6 Å². The SMILES string of the molecule is [2H]C([2H])([2H])n1c(=O)n(C2CCOCC2)c2nc(Nc3cc4c(cc3Cl)OCC4)ncc21. The van der Waals surface area contributed by atoms with Gasteiger partial charge in [0, 0.05) is 42.8 Å². The highest BCUT2D eigenvalue weighted by Gasteiger charge is 2.23. The summed E-state index contributed by atoms with van der Waals surface area (Å²) in [6.45, 7) is -1.04. The molecule has 3 aromatic rings. The van der Waals surface area contributed by atoms with Gasteiger partial charge in [0.25, 0.3) is 0 Å². The van der Waals surface area contributed by atoms with Crippen LogP contribution in [-0.4, -0.2) is 38.9 Å². The van der Waals surface area contributed by atoms with Crippen molar-refractivity contribution in [2.75, 3.05) is 25.1 Å². The van der Waals surface area contributed by atoms with Crippen molar-refractivity contribution in [2.24, 2.45) is 6.98 Å². The topological polar surface area (TPSA) is 83.2 Å². The van der Waals surface area contributed by atoms with E-state index in [-0.39, 0.29) is 23.2 Å². The third kappa shape index (κ3) is 2.84. The smallest absolute Gasteiger partial charge is 0.330 e. The minimum atomic E-state index is -2.65. The molecule has 0 unspecified atom stereocenters. The normalized spacial score (nSPS) is 19.0. The third-order valence-corrected chi connectivity index (χ3v) is 5.51. The molecule has 28 heavy (non-hydrogen) atoms. The van der Waals surface area contributed by atoms with Crippen molar-refractivity contribution in [1.82, 2.24) is 19.1 Å². The van der Waals surface area contributed by atoms with Gasteiger partial charge in [0.05, 0.1) is 23.5 Å². The number of nitrogens with zero attached hydrogens (tertiary/aromatic N) is 4. The summed E-state index contributed by atoms with van der Waals surface area (Å²) >= 11 is 6.37. The van der Waals surface area contributed by atoms with Crippen LogP contribution in [0.25, 0.3) is 11.2 Å². The van der Waals surface area contributed by atoms with Crippen molar-refractivity contribution < 1.29 is 13.6 Å². The van der Waals surface area contributed by atoms with Crippen LogP contribution in [0.3, 0.4) is 0 Å². The standard InChI is InChI=1S/C19H20ClN5O3/c1-24-15-10-21-18(22-14-8-11-2-7-28-16(11)9-13(14)20)23-17(15)25(19(24)26)12-3-5-27-6-4-12/h8-10,12H,2-7H2,1H3,(H,21,22,23)/i1D3. The average Bonchev–Trinajstić information content (AvgIpc) is 3.29. The van der Waals surface area contributed by atoms with Crippen LogP contribution in [0.2, 0.25) is 5.02 Å². The molecule has 2 aromatic heterocycles. The van der Waals surface area contributed by atoms with Crippen molar-refractivity contribution >= 4 is 34.4 Å². The Kier molecular flexibility index (Phi) is 3.50. The van der Waals surface area contributed by atoms with Crippen LogP contribution in [0.1, 0.15) is 28.6 Å². The van der Waals surface area contributed by atoms with Gasteiger partial charge >= 0.3 is 5.69 Å². The molecular weight excluding hydrogens is 382 g/mol. The molecule has 5 rings (SSSR count). The maximum atomic E-state index is 13.1. The summed E-state index contributed by atoms with van der Waals surface area (Å²) < 4.78 is 36.6. The largest absolute Gasteiger partial charge is 0.493 e. The molecule has 1 saturated heterocycles. The molecule has 146 valence electrons. The number of aromatic nitrogens is 4. The van der Waals surface area contributed by atoms with Crippen molar-refractivity contribution in [3.05, 3.63) is 39.4 Å². The number of fused-ring (bicyclic) bond motifs is 2. The molecule has 0 radical (unpaired) electrons. The molecule has 1 fully saturated rings. The number of ether oxygens (including phenoxy) is 2. The summed E-state index contributed by atoms with van der Waals surface area (Å²) in [5.74, 6) is 0.979. The number of halogens is 1. The van der Waals surface area contributed by atoms with E-state index in [9.17, 15) is 4.79 Å². The Labute approximate surface area is 170 Å². The van der Waals surface area contributed by atoms with Gasteiger partial charge in [0.15, 0.2) is 5.65 Å². The maximum absolute atomic E-state index is 13.1. The first kappa shape index (κ1) is 14.4. The minimum absolute atomic E-state index is 0.162. The lowest BCUT2D eigenvalue weighted by Gasteiger charge is -2.22. The minimum Gasteiger partial charge on any atom is -0.493 e. The zero-order chi connectivity index (χ0) is 21.8. The van der Waals surface area contributed by atoms with Crippen LogP contribution in [0.5, 0.6) is 5.75 Å². The highest BCUT2D eigenvalue weighted by molar-refractivity contribution is 6.33. The van der Waals surface area contributed by atoms with Crippen LogP contribution in [0, 0.1) is 0 Å². The molecule has 9 heteroatoms. The fourth-order valence-electron chi connectivity index (χ4n) is 3.75. The molecule has 4 heterocycles. The number of imidazole rings is 1. The molecule has 0 saturated carbocycles. The number of aryl methyl sites for hydroxylation is 1. The summed E-state index contributed by atoms with van der Waals surface area (Å²) in [5, 5.41) is 3.54. The zero-order valence-electron chi connectivity index (χ0n) is 17.9. The summed E-state index contributed by atoms with van der Waals surface area (Å²) in [5.41, 5.74) is 1.45. The number of anilines is 2. The van der Waals surface area contributed by atoms with Gasteiger partial charge in [-0.1, -0.05) is 11.6 Å². The first-order chi connectivity index (χ1) is 14.8. The predicted octanol–water partition coefficient (Wildman–Crippen LogP) is 2.81. The number of benzene rings is 1. The summed E-state index contributed by atoms with van der Waals surface area (Å²) in [6, 6.07) is 3.43. The van der Waals surface area contributed by atoms with E-state index in [4.69, 9.17) is 25.2 Å². The Morgan fingerprint density at radius 2 is 2.18 bits per heavy atom. The molecule has 1 N–H and O–H groups in total. The first-order valence-electron chi connectivity index (χ1n) is 10.6. The van der Waals surface area contributed by atoms with Gasteiger partial charge in [-0.05, 0) is 24.5 Å². The van der Waals surface area contributed by atoms with Gasteiger partial charge in [-0.3, -0.25) is 9.13 Å². The predicted molar refractivity (Wildman–Crippen MR) is 106 cm³/mol. The van der Waals surface area contributed by atoms with Gasteiger partial charge in [0.2, 0.25) is 5.95 Å². The van der Waals surface area contributed by atoms with Gasteiger partial charge in [-0.15, -0.1) is 0 Å². The van der Waals surface area contributed by atoms with Crippen molar-refractivity contribution in [1.29, 1.82) is 0 Å². The molecule has 0 atom stereocenters.